The maximum absolute atomic E-state index is 5.99. The Morgan fingerprint density at radius 3 is 2.41 bits per heavy atom. The summed E-state index contributed by atoms with van der Waals surface area (Å²) in [7, 11) is 0. The Balaban J connectivity index is 1.47. The third-order valence-corrected chi connectivity index (χ3v) is 4.23. The van der Waals surface area contributed by atoms with Gasteiger partial charge in [-0.1, -0.05) is 12.1 Å². The highest BCUT2D eigenvalue weighted by atomic mass is 16.5. The predicted octanol–water partition coefficient (Wildman–Crippen LogP) is 6.23. The second-order valence-electron chi connectivity index (χ2n) is 6.59. The van der Waals surface area contributed by atoms with Gasteiger partial charge in [-0.15, -0.1) is 0 Å². The maximum Gasteiger partial charge on any atom is 0.131 e. The van der Waals surface area contributed by atoms with Crippen molar-refractivity contribution in [2.45, 2.75) is 13.8 Å². The molecule has 2 N–H and O–H groups in total. The van der Waals surface area contributed by atoms with Crippen molar-refractivity contribution in [1.82, 2.24) is 9.97 Å². The van der Waals surface area contributed by atoms with Crippen LogP contribution in [0.4, 0.5) is 11.4 Å². The molecule has 0 amide bonds. The molecule has 0 bridgehead atoms. The minimum absolute atomic E-state index is 0.756. The Hall–Kier alpha value is -3.53. The zero-order valence-electron chi connectivity index (χ0n) is 15.4. The minimum atomic E-state index is 0.756. The molecule has 4 aromatic rings. The highest BCUT2D eigenvalue weighted by molar-refractivity contribution is 5.61. The molecular formula is C23H21N3O. The van der Waals surface area contributed by atoms with E-state index in [9.17, 15) is 0 Å². The van der Waals surface area contributed by atoms with E-state index >= 15 is 0 Å². The zero-order chi connectivity index (χ0) is 18.6. The van der Waals surface area contributed by atoms with Crippen LogP contribution in [0.15, 0.2) is 79.1 Å². The summed E-state index contributed by atoms with van der Waals surface area (Å²) in [6.07, 6.45) is 3.72. The SMILES string of the molecule is Cc1cccc(Nc2ccc(Oc3ccnc(-c4cc(C)c[nH]4)c3)cc2)c1. The first-order valence-corrected chi connectivity index (χ1v) is 8.89. The smallest absolute Gasteiger partial charge is 0.131 e. The van der Waals surface area contributed by atoms with Crippen molar-refractivity contribution in [3.63, 3.8) is 0 Å². The lowest BCUT2D eigenvalue weighted by molar-refractivity contribution is 0.482. The fourth-order valence-electron chi connectivity index (χ4n) is 2.90. The number of rotatable bonds is 5. The number of nitrogens with zero attached hydrogens (tertiary/aromatic N) is 1. The van der Waals surface area contributed by atoms with Gasteiger partial charge in [0.05, 0.1) is 11.4 Å². The van der Waals surface area contributed by atoms with E-state index in [4.69, 9.17) is 4.74 Å². The molecule has 0 radical (unpaired) electrons. The quantitative estimate of drug-likeness (QED) is 0.446. The number of aromatic amines is 1. The molecule has 2 heterocycles. The van der Waals surface area contributed by atoms with Crippen LogP contribution < -0.4 is 10.1 Å². The van der Waals surface area contributed by atoms with Crippen LogP contribution in [0, 0.1) is 13.8 Å². The molecule has 0 aliphatic rings. The standard InChI is InChI=1S/C23H21N3O/c1-16-4-3-5-19(12-16)26-18-6-8-20(9-7-18)27-21-10-11-24-23(14-21)22-13-17(2)15-25-22/h3-15,25-26H,1-2H3. The van der Waals surface area contributed by atoms with Crippen LogP contribution in [0.25, 0.3) is 11.4 Å². The molecule has 0 atom stereocenters. The Morgan fingerprint density at radius 2 is 1.67 bits per heavy atom. The molecule has 0 fully saturated rings. The van der Waals surface area contributed by atoms with Crippen molar-refractivity contribution in [2.24, 2.45) is 0 Å². The first-order chi connectivity index (χ1) is 13.2. The Kier molecular flexibility index (Phi) is 4.62. The average Bonchev–Trinajstić information content (AvgIpc) is 3.10. The van der Waals surface area contributed by atoms with E-state index in [0.29, 0.717) is 0 Å². The number of aromatic nitrogens is 2. The highest BCUT2D eigenvalue weighted by Crippen LogP contribution is 2.27. The second-order valence-corrected chi connectivity index (χ2v) is 6.59. The predicted molar refractivity (Wildman–Crippen MR) is 110 cm³/mol. The van der Waals surface area contributed by atoms with E-state index in [0.717, 1.165) is 34.3 Å². The van der Waals surface area contributed by atoms with E-state index in [1.165, 1.54) is 11.1 Å². The normalized spacial score (nSPS) is 10.6. The second kappa shape index (κ2) is 7.38. The van der Waals surface area contributed by atoms with E-state index < -0.39 is 0 Å². The first kappa shape index (κ1) is 16.9. The third kappa shape index (κ3) is 4.18. The van der Waals surface area contributed by atoms with Crippen LogP contribution in [0.1, 0.15) is 11.1 Å². The molecule has 2 aromatic heterocycles. The van der Waals surface area contributed by atoms with Crippen LogP contribution in [-0.2, 0) is 0 Å². The number of pyridine rings is 1. The summed E-state index contributed by atoms with van der Waals surface area (Å²) in [5.74, 6) is 1.54. The van der Waals surface area contributed by atoms with Gasteiger partial charge in [0.2, 0.25) is 0 Å². The van der Waals surface area contributed by atoms with Gasteiger partial charge in [-0.2, -0.15) is 0 Å². The largest absolute Gasteiger partial charge is 0.457 e. The minimum Gasteiger partial charge on any atom is -0.457 e. The van der Waals surface area contributed by atoms with Crippen molar-refractivity contribution >= 4 is 11.4 Å². The van der Waals surface area contributed by atoms with Gasteiger partial charge < -0.3 is 15.0 Å². The van der Waals surface area contributed by atoms with Crippen molar-refractivity contribution < 1.29 is 4.74 Å². The summed E-state index contributed by atoms with van der Waals surface area (Å²) >= 11 is 0. The number of hydrogen-bond donors (Lipinski definition) is 2. The number of H-pyrrole nitrogens is 1. The average molecular weight is 355 g/mol. The number of ether oxygens (including phenoxy) is 1. The molecule has 0 saturated carbocycles. The number of aryl methyl sites for hydroxylation is 2. The molecule has 0 spiro atoms. The molecule has 0 aliphatic carbocycles. The highest BCUT2D eigenvalue weighted by Gasteiger charge is 2.05. The van der Waals surface area contributed by atoms with Crippen LogP contribution in [0.3, 0.4) is 0 Å². The molecule has 0 saturated heterocycles. The van der Waals surface area contributed by atoms with Gasteiger partial charge in [0.1, 0.15) is 11.5 Å². The number of hydrogen-bond acceptors (Lipinski definition) is 3. The van der Waals surface area contributed by atoms with E-state index in [1.807, 2.05) is 55.6 Å². The fraction of sp³-hybridized carbons (Fsp3) is 0.0870. The number of anilines is 2. The van der Waals surface area contributed by atoms with Crippen LogP contribution >= 0.6 is 0 Å². The van der Waals surface area contributed by atoms with Gasteiger partial charge >= 0.3 is 0 Å². The molecular weight excluding hydrogens is 334 g/mol. The Bertz CT molecular complexity index is 1050. The summed E-state index contributed by atoms with van der Waals surface area (Å²) in [5, 5.41) is 3.40. The van der Waals surface area contributed by atoms with Crippen molar-refractivity contribution in [2.75, 3.05) is 5.32 Å². The monoisotopic (exact) mass is 355 g/mol. The van der Waals surface area contributed by atoms with Gasteiger partial charge in [-0.05, 0) is 73.5 Å². The lowest BCUT2D eigenvalue weighted by Gasteiger charge is -2.10. The first-order valence-electron chi connectivity index (χ1n) is 8.89. The van der Waals surface area contributed by atoms with Gasteiger partial charge in [-0.25, -0.2) is 0 Å². The fourth-order valence-corrected chi connectivity index (χ4v) is 2.90. The van der Waals surface area contributed by atoms with Crippen LogP contribution in [-0.4, -0.2) is 9.97 Å². The zero-order valence-corrected chi connectivity index (χ0v) is 15.4. The molecule has 4 rings (SSSR count). The van der Waals surface area contributed by atoms with E-state index in [1.54, 1.807) is 6.20 Å². The summed E-state index contributed by atoms with van der Waals surface area (Å²) in [5.41, 5.74) is 6.34. The van der Waals surface area contributed by atoms with Gasteiger partial charge in [0.15, 0.2) is 0 Å². The van der Waals surface area contributed by atoms with Gasteiger partial charge in [0, 0.05) is 29.8 Å². The van der Waals surface area contributed by atoms with Crippen molar-refractivity contribution in [3.05, 3.63) is 90.3 Å². The Morgan fingerprint density at radius 1 is 0.815 bits per heavy atom. The summed E-state index contributed by atoms with van der Waals surface area (Å²) in [6, 6.07) is 22.1. The molecule has 0 unspecified atom stereocenters. The van der Waals surface area contributed by atoms with E-state index in [2.05, 4.69) is 46.5 Å². The molecule has 27 heavy (non-hydrogen) atoms. The molecule has 4 nitrogen and oxygen atoms in total. The van der Waals surface area contributed by atoms with Crippen molar-refractivity contribution in [1.29, 1.82) is 0 Å². The lowest BCUT2D eigenvalue weighted by Crippen LogP contribution is -1.91. The molecule has 2 aromatic carbocycles. The molecule has 4 heteroatoms. The van der Waals surface area contributed by atoms with Crippen molar-refractivity contribution in [3.8, 4) is 22.9 Å². The lowest BCUT2D eigenvalue weighted by atomic mass is 10.2. The van der Waals surface area contributed by atoms with Gasteiger partial charge in [-0.3, -0.25) is 4.98 Å². The summed E-state index contributed by atoms with van der Waals surface area (Å²) in [6.45, 7) is 4.13. The molecule has 134 valence electrons. The van der Waals surface area contributed by atoms with Crippen LogP contribution in [0.5, 0.6) is 11.5 Å². The van der Waals surface area contributed by atoms with Crippen LogP contribution in [0.2, 0.25) is 0 Å². The summed E-state index contributed by atoms with van der Waals surface area (Å²) < 4.78 is 5.99. The third-order valence-electron chi connectivity index (χ3n) is 4.23. The van der Waals surface area contributed by atoms with Gasteiger partial charge in [0.25, 0.3) is 0 Å². The number of benzene rings is 2. The Labute approximate surface area is 158 Å². The number of nitrogens with one attached hydrogen (secondary N) is 2. The summed E-state index contributed by atoms with van der Waals surface area (Å²) in [4.78, 5) is 7.63. The molecule has 0 aliphatic heterocycles. The van der Waals surface area contributed by atoms with E-state index in [-0.39, 0.29) is 0 Å². The maximum atomic E-state index is 5.99. The topological polar surface area (TPSA) is 49.9 Å².